The first-order valence-corrected chi connectivity index (χ1v) is 9.01. The van der Waals surface area contributed by atoms with Crippen molar-refractivity contribution in [2.45, 2.75) is 70.9 Å². The summed E-state index contributed by atoms with van der Waals surface area (Å²) in [6.45, 7) is 5.97. The van der Waals surface area contributed by atoms with Crippen LogP contribution in [0.5, 0.6) is 0 Å². The lowest BCUT2D eigenvalue weighted by atomic mass is 10.00. The Kier molecular flexibility index (Phi) is 5.30. The van der Waals surface area contributed by atoms with Crippen LogP contribution in [-0.4, -0.2) is 34.1 Å². The molecule has 1 aromatic heterocycles. The number of piperidine rings is 2. The van der Waals surface area contributed by atoms with Crippen molar-refractivity contribution in [2.75, 3.05) is 13.1 Å². The number of aromatic nitrogens is 2. The third-order valence-corrected chi connectivity index (χ3v) is 4.76. The predicted octanol–water partition coefficient (Wildman–Crippen LogP) is 2.98. The van der Waals surface area contributed by atoms with Crippen molar-refractivity contribution >= 4 is 5.91 Å². The SMILES string of the molecule is CC(C)CC(=O)N1CCCC[C@@H]1c1nnc([C@@H]2CCCCN2)o1. The fourth-order valence-corrected chi connectivity index (χ4v) is 3.54. The van der Waals surface area contributed by atoms with Crippen LogP contribution in [0.25, 0.3) is 0 Å². The minimum absolute atomic E-state index is 0.0418. The molecule has 2 aliphatic heterocycles. The molecule has 3 rings (SSSR count). The second-order valence-corrected chi connectivity index (χ2v) is 7.18. The Labute approximate surface area is 138 Å². The van der Waals surface area contributed by atoms with Crippen molar-refractivity contribution < 1.29 is 9.21 Å². The summed E-state index contributed by atoms with van der Waals surface area (Å²) in [6.07, 6.45) is 7.12. The summed E-state index contributed by atoms with van der Waals surface area (Å²) in [7, 11) is 0. The van der Waals surface area contributed by atoms with Gasteiger partial charge in [-0.1, -0.05) is 20.3 Å². The molecule has 0 aliphatic carbocycles. The van der Waals surface area contributed by atoms with E-state index in [1.165, 1.54) is 12.8 Å². The number of hydrogen-bond donors (Lipinski definition) is 1. The van der Waals surface area contributed by atoms with Crippen LogP contribution >= 0.6 is 0 Å². The third kappa shape index (κ3) is 3.91. The highest BCUT2D eigenvalue weighted by molar-refractivity contribution is 5.76. The van der Waals surface area contributed by atoms with Crippen molar-refractivity contribution in [2.24, 2.45) is 5.92 Å². The lowest BCUT2D eigenvalue weighted by Crippen LogP contribution is -2.39. The topological polar surface area (TPSA) is 71.3 Å². The van der Waals surface area contributed by atoms with Gasteiger partial charge in [0.1, 0.15) is 6.04 Å². The monoisotopic (exact) mass is 320 g/mol. The summed E-state index contributed by atoms with van der Waals surface area (Å²) in [5.41, 5.74) is 0. The Bertz CT molecular complexity index is 522. The van der Waals surface area contributed by atoms with Crippen LogP contribution in [0, 0.1) is 5.92 Å². The van der Waals surface area contributed by atoms with Crippen LogP contribution < -0.4 is 5.32 Å². The average molecular weight is 320 g/mol. The number of carbonyl (C=O) groups excluding carboxylic acids is 1. The van der Waals surface area contributed by atoms with Gasteiger partial charge < -0.3 is 14.6 Å². The minimum atomic E-state index is -0.0418. The first kappa shape index (κ1) is 16.4. The maximum Gasteiger partial charge on any atom is 0.239 e. The van der Waals surface area contributed by atoms with Crippen molar-refractivity contribution in [3.63, 3.8) is 0 Å². The fraction of sp³-hybridized carbons (Fsp3) is 0.824. The molecule has 0 aromatic carbocycles. The molecule has 0 unspecified atom stereocenters. The Morgan fingerprint density at radius 3 is 2.74 bits per heavy atom. The molecule has 0 spiro atoms. The summed E-state index contributed by atoms with van der Waals surface area (Å²) in [4.78, 5) is 14.5. The molecule has 23 heavy (non-hydrogen) atoms. The van der Waals surface area contributed by atoms with Gasteiger partial charge in [-0.25, -0.2) is 0 Å². The van der Waals surface area contributed by atoms with Gasteiger partial charge in [0, 0.05) is 13.0 Å². The molecule has 1 amide bonds. The highest BCUT2D eigenvalue weighted by Crippen LogP contribution is 2.32. The second-order valence-electron chi connectivity index (χ2n) is 7.18. The van der Waals surface area contributed by atoms with E-state index in [-0.39, 0.29) is 18.0 Å². The average Bonchev–Trinajstić information content (AvgIpc) is 3.05. The Balaban J connectivity index is 1.72. The van der Waals surface area contributed by atoms with Crippen LogP contribution in [-0.2, 0) is 4.79 Å². The zero-order valence-corrected chi connectivity index (χ0v) is 14.3. The smallest absolute Gasteiger partial charge is 0.239 e. The molecule has 3 heterocycles. The quantitative estimate of drug-likeness (QED) is 0.923. The van der Waals surface area contributed by atoms with E-state index in [1.807, 2.05) is 4.90 Å². The van der Waals surface area contributed by atoms with Gasteiger partial charge in [0.25, 0.3) is 0 Å². The van der Waals surface area contributed by atoms with Crippen molar-refractivity contribution in [1.29, 1.82) is 0 Å². The van der Waals surface area contributed by atoms with Gasteiger partial charge in [0.05, 0.1) is 6.04 Å². The highest BCUT2D eigenvalue weighted by Gasteiger charge is 2.33. The maximum absolute atomic E-state index is 12.5. The highest BCUT2D eigenvalue weighted by atomic mass is 16.4. The van der Waals surface area contributed by atoms with E-state index >= 15 is 0 Å². The van der Waals surface area contributed by atoms with E-state index in [2.05, 4.69) is 29.4 Å². The maximum atomic E-state index is 12.5. The molecule has 2 saturated heterocycles. The lowest BCUT2D eigenvalue weighted by Gasteiger charge is -2.34. The number of carbonyl (C=O) groups is 1. The van der Waals surface area contributed by atoms with Crippen molar-refractivity contribution in [3.8, 4) is 0 Å². The summed E-state index contributed by atoms with van der Waals surface area (Å²) >= 11 is 0. The largest absolute Gasteiger partial charge is 0.421 e. The Hall–Kier alpha value is -1.43. The van der Waals surface area contributed by atoms with Gasteiger partial charge in [0.15, 0.2) is 0 Å². The molecule has 2 fully saturated rings. The molecule has 128 valence electrons. The number of nitrogens with one attached hydrogen (secondary N) is 1. The van der Waals surface area contributed by atoms with Gasteiger partial charge in [-0.3, -0.25) is 4.79 Å². The first-order valence-electron chi connectivity index (χ1n) is 9.01. The van der Waals surface area contributed by atoms with E-state index in [0.717, 1.165) is 38.8 Å². The molecular weight excluding hydrogens is 292 g/mol. The first-order chi connectivity index (χ1) is 11.1. The summed E-state index contributed by atoms with van der Waals surface area (Å²) < 4.78 is 5.97. The van der Waals surface area contributed by atoms with Gasteiger partial charge in [0.2, 0.25) is 17.7 Å². The van der Waals surface area contributed by atoms with Crippen LogP contribution in [0.2, 0.25) is 0 Å². The molecular formula is C17H28N4O2. The van der Waals surface area contributed by atoms with E-state index in [0.29, 0.717) is 24.1 Å². The van der Waals surface area contributed by atoms with Gasteiger partial charge >= 0.3 is 0 Å². The molecule has 1 N–H and O–H groups in total. The second kappa shape index (κ2) is 7.43. The zero-order valence-electron chi connectivity index (χ0n) is 14.3. The molecule has 0 bridgehead atoms. The molecule has 1 aromatic rings. The third-order valence-electron chi connectivity index (χ3n) is 4.76. The predicted molar refractivity (Wildman–Crippen MR) is 86.7 cm³/mol. The van der Waals surface area contributed by atoms with Gasteiger partial charge in [-0.2, -0.15) is 0 Å². The molecule has 0 saturated carbocycles. The summed E-state index contributed by atoms with van der Waals surface area (Å²) in [6, 6.07) is 0.133. The summed E-state index contributed by atoms with van der Waals surface area (Å²) in [5.74, 6) is 1.88. The van der Waals surface area contributed by atoms with Crippen LogP contribution in [0.4, 0.5) is 0 Å². The van der Waals surface area contributed by atoms with E-state index in [9.17, 15) is 4.79 Å². The van der Waals surface area contributed by atoms with Gasteiger partial charge in [-0.15, -0.1) is 10.2 Å². The van der Waals surface area contributed by atoms with Crippen LogP contribution in [0.3, 0.4) is 0 Å². The summed E-state index contributed by atoms with van der Waals surface area (Å²) in [5, 5.41) is 12.0. The zero-order chi connectivity index (χ0) is 16.2. The Morgan fingerprint density at radius 2 is 2.00 bits per heavy atom. The minimum Gasteiger partial charge on any atom is -0.421 e. The number of hydrogen-bond acceptors (Lipinski definition) is 5. The normalized spacial score (nSPS) is 25.8. The number of rotatable bonds is 4. The van der Waals surface area contributed by atoms with Crippen LogP contribution in [0.1, 0.15) is 82.7 Å². The number of nitrogens with zero attached hydrogens (tertiary/aromatic N) is 3. The van der Waals surface area contributed by atoms with Crippen molar-refractivity contribution in [3.05, 3.63) is 11.8 Å². The molecule has 2 aliphatic rings. The number of amides is 1. The van der Waals surface area contributed by atoms with Gasteiger partial charge in [-0.05, 0) is 44.6 Å². The Morgan fingerprint density at radius 1 is 1.22 bits per heavy atom. The molecule has 0 radical (unpaired) electrons. The molecule has 6 heteroatoms. The van der Waals surface area contributed by atoms with E-state index in [4.69, 9.17) is 4.42 Å². The van der Waals surface area contributed by atoms with E-state index < -0.39 is 0 Å². The van der Waals surface area contributed by atoms with E-state index in [1.54, 1.807) is 0 Å². The lowest BCUT2D eigenvalue weighted by molar-refractivity contribution is -0.136. The standard InChI is InChI=1S/C17H28N4O2/c1-12(2)11-15(22)21-10-6-4-8-14(21)17-20-19-16(23-17)13-7-3-5-9-18-13/h12-14,18H,3-11H2,1-2H3/t13-,14+/m0/s1. The molecule has 2 atom stereocenters. The van der Waals surface area contributed by atoms with Crippen molar-refractivity contribution in [1.82, 2.24) is 20.4 Å². The number of likely N-dealkylation sites (tertiary alicyclic amines) is 1. The van der Waals surface area contributed by atoms with Crippen LogP contribution in [0.15, 0.2) is 4.42 Å². The molecule has 6 nitrogen and oxygen atoms in total. The fourth-order valence-electron chi connectivity index (χ4n) is 3.54.